The van der Waals surface area contributed by atoms with Gasteiger partial charge in [0.25, 0.3) is 0 Å². The van der Waals surface area contributed by atoms with Crippen molar-refractivity contribution in [3.8, 4) is 0 Å². The highest BCUT2D eigenvalue weighted by Gasteiger charge is 2.32. The SMILES string of the molecule is CCOCCn1nc(C)c2nc(N3CC4C=C3CN4)nc(Nc3cc(C)ccn3)c21. The van der Waals surface area contributed by atoms with Crippen LogP contribution in [-0.4, -0.2) is 57.1 Å². The van der Waals surface area contributed by atoms with Gasteiger partial charge < -0.3 is 20.3 Å². The lowest BCUT2D eigenvalue weighted by molar-refractivity contribution is 0.137. The van der Waals surface area contributed by atoms with Crippen LogP contribution in [0.1, 0.15) is 18.2 Å². The maximum Gasteiger partial charge on any atom is 0.232 e. The molecule has 0 saturated carbocycles. The van der Waals surface area contributed by atoms with E-state index in [1.807, 2.05) is 37.6 Å². The molecule has 0 spiro atoms. The molecule has 9 nitrogen and oxygen atoms in total. The third-order valence-corrected chi connectivity index (χ3v) is 5.46. The van der Waals surface area contributed by atoms with E-state index in [1.54, 1.807) is 6.20 Å². The summed E-state index contributed by atoms with van der Waals surface area (Å²) in [4.78, 5) is 16.5. The molecule has 1 atom stereocenters. The minimum absolute atomic E-state index is 0.365. The van der Waals surface area contributed by atoms with E-state index in [0.717, 1.165) is 41.2 Å². The number of pyridine rings is 1. The van der Waals surface area contributed by atoms with Crippen LogP contribution in [0.4, 0.5) is 17.6 Å². The Balaban J connectivity index is 1.60. The zero-order valence-corrected chi connectivity index (χ0v) is 17.5. The monoisotopic (exact) mass is 406 g/mol. The van der Waals surface area contributed by atoms with E-state index in [1.165, 1.54) is 5.70 Å². The van der Waals surface area contributed by atoms with Crippen LogP contribution in [0.15, 0.2) is 30.1 Å². The largest absolute Gasteiger partial charge is 0.380 e. The fraction of sp³-hybridized carbons (Fsp3) is 0.429. The molecular weight excluding hydrogens is 380 g/mol. The van der Waals surface area contributed by atoms with Gasteiger partial charge in [0.05, 0.1) is 18.8 Å². The molecule has 5 heterocycles. The van der Waals surface area contributed by atoms with Crippen molar-refractivity contribution in [2.24, 2.45) is 0 Å². The molecule has 5 rings (SSSR count). The number of hydrogen-bond donors (Lipinski definition) is 2. The smallest absolute Gasteiger partial charge is 0.232 e. The first-order valence-corrected chi connectivity index (χ1v) is 10.4. The van der Waals surface area contributed by atoms with Crippen molar-refractivity contribution in [1.29, 1.82) is 0 Å². The lowest BCUT2D eigenvalue weighted by Crippen LogP contribution is -2.41. The average molecular weight is 406 g/mol. The van der Waals surface area contributed by atoms with Crippen molar-refractivity contribution in [2.45, 2.75) is 33.4 Å². The normalized spacial score (nSPS) is 17.8. The lowest BCUT2D eigenvalue weighted by Gasteiger charge is -2.26. The Bertz CT molecular complexity index is 1120. The molecule has 0 aromatic carbocycles. The van der Waals surface area contributed by atoms with Crippen molar-refractivity contribution >= 4 is 28.6 Å². The summed E-state index contributed by atoms with van der Waals surface area (Å²) in [6.45, 7) is 9.62. The Morgan fingerprint density at radius 1 is 1.30 bits per heavy atom. The van der Waals surface area contributed by atoms with Crippen molar-refractivity contribution in [1.82, 2.24) is 30.0 Å². The molecule has 156 valence electrons. The molecule has 9 heteroatoms. The third kappa shape index (κ3) is 3.40. The quantitative estimate of drug-likeness (QED) is 0.578. The van der Waals surface area contributed by atoms with E-state index >= 15 is 0 Å². The second-order valence-corrected chi connectivity index (χ2v) is 7.67. The summed E-state index contributed by atoms with van der Waals surface area (Å²) < 4.78 is 7.48. The van der Waals surface area contributed by atoms with Crippen molar-refractivity contribution in [2.75, 3.05) is 36.5 Å². The number of hydrogen-bond acceptors (Lipinski definition) is 8. The minimum Gasteiger partial charge on any atom is -0.380 e. The van der Waals surface area contributed by atoms with Gasteiger partial charge in [-0.25, -0.2) is 9.97 Å². The van der Waals surface area contributed by atoms with Gasteiger partial charge >= 0.3 is 0 Å². The van der Waals surface area contributed by atoms with Gasteiger partial charge in [-0.15, -0.1) is 0 Å². The Hall–Kier alpha value is -3.04. The van der Waals surface area contributed by atoms with Gasteiger partial charge in [-0.1, -0.05) is 0 Å². The van der Waals surface area contributed by atoms with E-state index in [2.05, 4.69) is 26.6 Å². The standard InChI is InChI=1S/C21H26N8O/c1-4-30-8-7-29-19-18(14(3)27-29)25-21(28-12-15-10-16(28)11-23-15)26-20(19)24-17-9-13(2)5-6-22-17/h5-6,9-10,15,23H,4,7-8,11-12H2,1-3H3,(H,22,24,25,26). The van der Waals surface area contributed by atoms with Crippen LogP contribution in [0, 0.1) is 13.8 Å². The number of fused-ring (bicyclic) bond motifs is 2. The molecule has 0 aliphatic carbocycles. The van der Waals surface area contributed by atoms with Crippen molar-refractivity contribution in [3.05, 3.63) is 41.4 Å². The third-order valence-electron chi connectivity index (χ3n) is 5.46. The van der Waals surface area contributed by atoms with Crippen LogP contribution >= 0.6 is 0 Å². The first-order chi connectivity index (χ1) is 14.6. The first-order valence-electron chi connectivity index (χ1n) is 10.4. The van der Waals surface area contributed by atoms with Gasteiger partial charge in [0.15, 0.2) is 5.82 Å². The first kappa shape index (κ1) is 19.0. The van der Waals surface area contributed by atoms with Crippen LogP contribution in [0.25, 0.3) is 11.0 Å². The molecule has 3 aromatic heterocycles. The highest BCUT2D eigenvalue weighted by atomic mass is 16.5. The van der Waals surface area contributed by atoms with Crippen LogP contribution in [0.5, 0.6) is 0 Å². The number of aromatic nitrogens is 5. The summed E-state index contributed by atoms with van der Waals surface area (Å²) in [5, 5.41) is 11.6. The molecule has 1 unspecified atom stereocenters. The summed E-state index contributed by atoms with van der Waals surface area (Å²) in [5.41, 5.74) is 4.95. The van der Waals surface area contributed by atoms with Crippen LogP contribution in [0.2, 0.25) is 0 Å². The Kier molecular flexibility index (Phi) is 4.84. The van der Waals surface area contributed by atoms with E-state index in [4.69, 9.17) is 19.8 Å². The molecule has 2 bridgehead atoms. The molecule has 2 N–H and O–H groups in total. The average Bonchev–Trinajstić information content (AvgIpc) is 3.43. The minimum atomic E-state index is 0.365. The van der Waals surface area contributed by atoms with Crippen molar-refractivity contribution in [3.63, 3.8) is 0 Å². The van der Waals surface area contributed by atoms with Crippen molar-refractivity contribution < 1.29 is 4.74 Å². The summed E-state index contributed by atoms with van der Waals surface area (Å²) in [6.07, 6.45) is 4.05. The molecule has 2 aliphatic heterocycles. The highest BCUT2D eigenvalue weighted by Crippen LogP contribution is 2.32. The second kappa shape index (κ2) is 7.66. The summed E-state index contributed by atoms with van der Waals surface area (Å²) in [7, 11) is 0. The zero-order chi connectivity index (χ0) is 20.7. The maximum absolute atomic E-state index is 5.55. The fourth-order valence-electron chi connectivity index (χ4n) is 4.02. The number of anilines is 3. The van der Waals surface area contributed by atoms with Gasteiger partial charge in [-0.3, -0.25) is 4.68 Å². The van der Waals surface area contributed by atoms with Gasteiger partial charge in [0, 0.05) is 37.6 Å². The summed E-state index contributed by atoms with van der Waals surface area (Å²) >= 11 is 0. The highest BCUT2D eigenvalue weighted by molar-refractivity contribution is 5.90. The van der Waals surface area contributed by atoms with E-state index < -0.39 is 0 Å². The number of aryl methyl sites for hydroxylation is 2. The van der Waals surface area contributed by atoms with Gasteiger partial charge in [-0.2, -0.15) is 10.1 Å². The van der Waals surface area contributed by atoms with Gasteiger partial charge in [0.2, 0.25) is 5.95 Å². The molecule has 2 aliphatic rings. The molecular formula is C21H26N8O. The Morgan fingerprint density at radius 3 is 2.93 bits per heavy atom. The van der Waals surface area contributed by atoms with Crippen LogP contribution in [0.3, 0.4) is 0 Å². The zero-order valence-electron chi connectivity index (χ0n) is 17.5. The molecule has 0 fully saturated rings. The van der Waals surface area contributed by atoms with E-state index in [9.17, 15) is 0 Å². The van der Waals surface area contributed by atoms with Gasteiger partial charge in [-0.05, 0) is 44.5 Å². The number of ether oxygens (including phenoxy) is 1. The number of nitrogens with one attached hydrogen (secondary N) is 2. The van der Waals surface area contributed by atoms with E-state index in [0.29, 0.717) is 37.6 Å². The lowest BCUT2D eigenvalue weighted by atomic mass is 10.3. The second-order valence-electron chi connectivity index (χ2n) is 7.67. The number of nitrogens with zero attached hydrogens (tertiary/aromatic N) is 6. The molecule has 3 aromatic rings. The predicted octanol–water partition coefficient (Wildman–Crippen LogP) is 2.29. The fourth-order valence-corrected chi connectivity index (χ4v) is 4.02. The predicted molar refractivity (Wildman–Crippen MR) is 116 cm³/mol. The number of rotatable bonds is 7. The topological polar surface area (TPSA) is 93.0 Å². The molecule has 0 amide bonds. The van der Waals surface area contributed by atoms with Crippen LogP contribution < -0.4 is 15.5 Å². The molecule has 0 radical (unpaired) electrons. The van der Waals surface area contributed by atoms with E-state index in [-0.39, 0.29) is 0 Å². The Morgan fingerprint density at radius 2 is 2.20 bits per heavy atom. The Labute approximate surface area is 175 Å². The molecule has 0 saturated heterocycles. The maximum atomic E-state index is 5.55. The molecule has 30 heavy (non-hydrogen) atoms. The van der Waals surface area contributed by atoms with Crippen LogP contribution in [-0.2, 0) is 11.3 Å². The summed E-state index contributed by atoms with van der Waals surface area (Å²) in [5.74, 6) is 2.15. The summed E-state index contributed by atoms with van der Waals surface area (Å²) in [6, 6.07) is 4.35. The number of piperazine rings is 1. The van der Waals surface area contributed by atoms with Gasteiger partial charge in [0.1, 0.15) is 16.9 Å².